The van der Waals surface area contributed by atoms with E-state index < -0.39 is 0 Å². The minimum absolute atomic E-state index is 0.0935. The fourth-order valence-electron chi connectivity index (χ4n) is 3.55. The van der Waals surface area contributed by atoms with Gasteiger partial charge in [0.05, 0.1) is 5.75 Å². The number of thioether (sulfide) groups is 1. The van der Waals surface area contributed by atoms with Crippen molar-refractivity contribution in [2.75, 3.05) is 29.1 Å². The van der Waals surface area contributed by atoms with Crippen molar-refractivity contribution in [2.24, 2.45) is 0 Å². The molecule has 3 aromatic rings. The van der Waals surface area contributed by atoms with Crippen molar-refractivity contribution < 1.29 is 9.21 Å². The van der Waals surface area contributed by atoms with Gasteiger partial charge in [-0.2, -0.15) is 0 Å². The number of nitrogens with one attached hydrogen (secondary N) is 1. The maximum atomic E-state index is 12.3. The highest BCUT2D eigenvalue weighted by Crippen LogP contribution is 2.27. The van der Waals surface area contributed by atoms with Crippen LogP contribution in [-0.2, 0) is 10.2 Å². The first-order chi connectivity index (χ1) is 14.9. The molecule has 6 nitrogen and oxygen atoms in total. The first-order valence-electron chi connectivity index (χ1n) is 10.6. The second-order valence-corrected chi connectivity index (χ2v) is 9.70. The van der Waals surface area contributed by atoms with E-state index in [4.69, 9.17) is 4.42 Å². The summed E-state index contributed by atoms with van der Waals surface area (Å²) in [6.07, 6.45) is 2.49. The molecule has 4 rings (SSSR count). The van der Waals surface area contributed by atoms with E-state index in [0.717, 1.165) is 24.3 Å². The highest BCUT2D eigenvalue weighted by molar-refractivity contribution is 7.99. The van der Waals surface area contributed by atoms with E-state index in [1.807, 2.05) is 24.3 Å². The number of nitrogens with zero attached hydrogens (tertiary/aromatic N) is 3. The van der Waals surface area contributed by atoms with Crippen LogP contribution in [0.15, 0.2) is 58.2 Å². The van der Waals surface area contributed by atoms with Crippen LogP contribution in [0.25, 0.3) is 11.5 Å². The number of anilines is 2. The Morgan fingerprint density at radius 3 is 2.35 bits per heavy atom. The van der Waals surface area contributed by atoms with Gasteiger partial charge >= 0.3 is 0 Å². The van der Waals surface area contributed by atoms with Crippen molar-refractivity contribution >= 4 is 29.0 Å². The van der Waals surface area contributed by atoms with E-state index in [0.29, 0.717) is 11.1 Å². The Hall–Kier alpha value is -2.80. The summed E-state index contributed by atoms with van der Waals surface area (Å²) in [6.45, 7) is 8.74. The number of aromatic nitrogens is 2. The number of rotatable bonds is 6. The molecule has 0 bridgehead atoms. The molecule has 1 fully saturated rings. The van der Waals surface area contributed by atoms with Gasteiger partial charge in [0.2, 0.25) is 11.8 Å². The summed E-state index contributed by atoms with van der Waals surface area (Å²) in [7, 11) is 0. The average Bonchev–Trinajstić information content (AvgIpc) is 3.45. The molecule has 1 N–H and O–H groups in total. The van der Waals surface area contributed by atoms with Crippen LogP contribution < -0.4 is 10.2 Å². The third kappa shape index (κ3) is 5.47. The van der Waals surface area contributed by atoms with Crippen LogP contribution in [-0.4, -0.2) is 34.9 Å². The molecule has 1 aliphatic rings. The number of carbonyl (C=O) groups is 1. The molecule has 1 aliphatic heterocycles. The van der Waals surface area contributed by atoms with Crippen molar-refractivity contribution in [3.05, 3.63) is 54.1 Å². The summed E-state index contributed by atoms with van der Waals surface area (Å²) in [6, 6.07) is 16.1. The van der Waals surface area contributed by atoms with Gasteiger partial charge in [0.1, 0.15) is 0 Å². The molecular formula is C24H28N4O2S. The predicted molar refractivity (Wildman–Crippen MR) is 126 cm³/mol. The number of hydrogen-bond acceptors (Lipinski definition) is 6. The lowest BCUT2D eigenvalue weighted by Gasteiger charge is -2.18. The Morgan fingerprint density at radius 1 is 1.03 bits per heavy atom. The average molecular weight is 437 g/mol. The van der Waals surface area contributed by atoms with E-state index >= 15 is 0 Å². The second-order valence-electron chi connectivity index (χ2n) is 8.78. The SMILES string of the molecule is CC(C)(C)c1ccc(-c2nnc(SCC(=O)Nc3ccc(N4CCCC4)cc3)o2)cc1. The molecular weight excluding hydrogens is 408 g/mol. The molecule has 2 heterocycles. The zero-order valence-electron chi connectivity index (χ0n) is 18.2. The van der Waals surface area contributed by atoms with Crippen LogP contribution >= 0.6 is 11.8 Å². The molecule has 0 saturated carbocycles. The molecule has 1 saturated heterocycles. The second kappa shape index (κ2) is 9.14. The molecule has 0 aliphatic carbocycles. The number of carbonyl (C=O) groups excluding carboxylic acids is 1. The van der Waals surface area contributed by atoms with Crippen molar-refractivity contribution in [1.82, 2.24) is 10.2 Å². The van der Waals surface area contributed by atoms with E-state index in [2.05, 4.69) is 65.5 Å². The molecule has 31 heavy (non-hydrogen) atoms. The molecule has 1 aromatic heterocycles. The van der Waals surface area contributed by atoms with Crippen molar-refractivity contribution in [2.45, 2.75) is 44.3 Å². The summed E-state index contributed by atoms with van der Waals surface area (Å²) in [5.41, 5.74) is 4.21. The largest absolute Gasteiger partial charge is 0.411 e. The van der Waals surface area contributed by atoms with Gasteiger partial charge in [0, 0.05) is 30.0 Å². The zero-order chi connectivity index (χ0) is 21.8. The van der Waals surface area contributed by atoms with E-state index in [9.17, 15) is 4.79 Å². The van der Waals surface area contributed by atoms with Crippen LogP contribution in [0.1, 0.15) is 39.2 Å². The standard InChI is InChI=1S/C24H28N4O2S/c1-24(2,3)18-8-6-17(7-9-18)22-26-27-23(30-22)31-16-21(29)25-19-10-12-20(13-11-19)28-14-4-5-15-28/h6-13H,4-5,14-16H2,1-3H3,(H,25,29). The van der Waals surface area contributed by atoms with Gasteiger partial charge in [-0.3, -0.25) is 4.79 Å². The minimum atomic E-state index is -0.104. The Bertz CT molecular complexity index is 1020. The van der Waals surface area contributed by atoms with Crippen molar-refractivity contribution in [3.8, 4) is 11.5 Å². The highest BCUT2D eigenvalue weighted by atomic mass is 32.2. The molecule has 1 amide bonds. The van der Waals surface area contributed by atoms with Crippen LogP contribution in [0.4, 0.5) is 11.4 Å². The van der Waals surface area contributed by atoms with Gasteiger partial charge in [0.15, 0.2) is 0 Å². The maximum Gasteiger partial charge on any atom is 0.277 e. The van der Waals surface area contributed by atoms with Crippen molar-refractivity contribution in [1.29, 1.82) is 0 Å². The minimum Gasteiger partial charge on any atom is -0.411 e. The van der Waals surface area contributed by atoms with Gasteiger partial charge in [-0.1, -0.05) is 44.7 Å². The van der Waals surface area contributed by atoms with E-state index in [1.165, 1.54) is 35.9 Å². The predicted octanol–water partition coefficient (Wildman–Crippen LogP) is 5.37. The lowest BCUT2D eigenvalue weighted by molar-refractivity contribution is -0.113. The number of benzene rings is 2. The molecule has 0 unspecified atom stereocenters. The molecule has 0 spiro atoms. The van der Waals surface area contributed by atoms with Gasteiger partial charge in [-0.15, -0.1) is 10.2 Å². The lowest BCUT2D eigenvalue weighted by Crippen LogP contribution is -2.18. The molecule has 0 radical (unpaired) electrons. The van der Waals surface area contributed by atoms with Crippen LogP contribution in [0.2, 0.25) is 0 Å². The molecule has 7 heteroatoms. The van der Waals surface area contributed by atoms with Gasteiger partial charge in [-0.05, 0) is 60.2 Å². The smallest absolute Gasteiger partial charge is 0.277 e. The fourth-order valence-corrected chi connectivity index (χ4v) is 4.12. The summed E-state index contributed by atoms with van der Waals surface area (Å²) in [5.74, 6) is 0.562. The molecule has 0 atom stereocenters. The molecule has 2 aromatic carbocycles. The first-order valence-corrected chi connectivity index (χ1v) is 11.6. The number of hydrogen-bond donors (Lipinski definition) is 1. The third-order valence-corrected chi connectivity index (χ3v) is 6.17. The number of amides is 1. The summed E-state index contributed by atoms with van der Waals surface area (Å²) < 4.78 is 5.72. The zero-order valence-corrected chi connectivity index (χ0v) is 19.0. The Kier molecular flexibility index (Phi) is 6.32. The van der Waals surface area contributed by atoms with Gasteiger partial charge < -0.3 is 14.6 Å². The van der Waals surface area contributed by atoms with Crippen LogP contribution in [0.3, 0.4) is 0 Å². The van der Waals surface area contributed by atoms with E-state index in [1.54, 1.807) is 0 Å². The van der Waals surface area contributed by atoms with E-state index in [-0.39, 0.29) is 17.1 Å². The first kappa shape index (κ1) is 21.4. The van der Waals surface area contributed by atoms with Gasteiger partial charge in [0.25, 0.3) is 5.22 Å². The van der Waals surface area contributed by atoms with Crippen molar-refractivity contribution in [3.63, 3.8) is 0 Å². The van der Waals surface area contributed by atoms with Crippen LogP contribution in [0.5, 0.6) is 0 Å². The molecule has 162 valence electrons. The lowest BCUT2D eigenvalue weighted by atomic mass is 9.87. The van der Waals surface area contributed by atoms with Crippen LogP contribution in [0, 0.1) is 0 Å². The third-order valence-electron chi connectivity index (χ3n) is 5.35. The monoisotopic (exact) mass is 436 g/mol. The maximum absolute atomic E-state index is 12.3. The Labute approximate surface area is 187 Å². The topological polar surface area (TPSA) is 71.3 Å². The fraction of sp³-hybridized carbons (Fsp3) is 0.375. The Balaban J connectivity index is 1.29. The normalized spacial score (nSPS) is 14.1. The highest BCUT2D eigenvalue weighted by Gasteiger charge is 2.16. The summed E-state index contributed by atoms with van der Waals surface area (Å²) in [4.78, 5) is 14.7. The Morgan fingerprint density at radius 2 is 1.71 bits per heavy atom. The quantitative estimate of drug-likeness (QED) is 0.524. The summed E-state index contributed by atoms with van der Waals surface area (Å²) in [5, 5.41) is 11.5. The van der Waals surface area contributed by atoms with Gasteiger partial charge in [-0.25, -0.2) is 0 Å². The summed E-state index contributed by atoms with van der Waals surface area (Å²) >= 11 is 1.23.